The van der Waals surface area contributed by atoms with E-state index in [-0.39, 0.29) is 9.52 Å². The van der Waals surface area contributed by atoms with Crippen LogP contribution in [-0.4, -0.2) is 28.8 Å². The van der Waals surface area contributed by atoms with Crippen molar-refractivity contribution < 1.29 is 0 Å². The summed E-state index contributed by atoms with van der Waals surface area (Å²) < 4.78 is 0. The van der Waals surface area contributed by atoms with Crippen LogP contribution in [0.3, 0.4) is 0 Å². The predicted octanol–water partition coefficient (Wildman–Crippen LogP) is 1.04. The molecule has 0 aromatic heterocycles. The van der Waals surface area contributed by atoms with E-state index in [9.17, 15) is 0 Å². The molecule has 13 heavy (non-hydrogen) atoms. The lowest BCUT2D eigenvalue weighted by molar-refractivity contribution is 0.359. The van der Waals surface area contributed by atoms with Crippen LogP contribution >= 0.6 is 0 Å². The molecular weight excluding hydrogens is 176 g/mol. The smallest absolute Gasteiger partial charge is 0.0597 e. The third kappa shape index (κ3) is 4.60. The van der Waals surface area contributed by atoms with Crippen molar-refractivity contribution in [2.75, 3.05) is 13.1 Å². The average Bonchev–Trinajstić information content (AvgIpc) is 2.04. The van der Waals surface area contributed by atoms with Gasteiger partial charge < -0.3 is 10.6 Å². The highest BCUT2D eigenvalue weighted by Gasteiger charge is 2.26. The van der Waals surface area contributed by atoms with E-state index in [1.54, 1.807) is 0 Å². The summed E-state index contributed by atoms with van der Waals surface area (Å²) in [5, 5.41) is 7.34. The molecule has 0 saturated carbocycles. The Morgan fingerprint density at radius 1 is 1.31 bits per heavy atom. The van der Waals surface area contributed by atoms with Gasteiger partial charge in [-0.2, -0.15) is 0 Å². The third-order valence-electron chi connectivity index (χ3n) is 2.27. The van der Waals surface area contributed by atoms with Gasteiger partial charge in [0.05, 0.1) is 15.7 Å². The standard InChI is InChI=1S/C10H24N2Si/c1-6-11-9(12-7-2)10(4,5)13-8-3/h8-9,11-12H,3,6-7,13H2,1-2,4-5H3. The Morgan fingerprint density at radius 3 is 2.08 bits per heavy atom. The van der Waals surface area contributed by atoms with Crippen molar-refractivity contribution >= 4 is 9.52 Å². The molecule has 0 radical (unpaired) electrons. The average molecular weight is 200 g/mol. The molecule has 78 valence electrons. The van der Waals surface area contributed by atoms with Gasteiger partial charge in [-0.25, -0.2) is 0 Å². The van der Waals surface area contributed by atoms with Gasteiger partial charge in [0.2, 0.25) is 0 Å². The molecule has 0 aromatic carbocycles. The van der Waals surface area contributed by atoms with Gasteiger partial charge >= 0.3 is 0 Å². The molecule has 0 rings (SSSR count). The van der Waals surface area contributed by atoms with Crippen molar-refractivity contribution in [3.05, 3.63) is 12.3 Å². The lowest BCUT2D eigenvalue weighted by Gasteiger charge is -2.34. The van der Waals surface area contributed by atoms with Gasteiger partial charge in [-0.3, -0.25) is 0 Å². The summed E-state index contributed by atoms with van der Waals surface area (Å²) in [6.45, 7) is 14.8. The lowest BCUT2D eigenvalue weighted by Crippen LogP contribution is -2.50. The van der Waals surface area contributed by atoms with Gasteiger partial charge in [-0.15, -0.1) is 12.3 Å². The van der Waals surface area contributed by atoms with Crippen molar-refractivity contribution in [3.8, 4) is 0 Å². The highest BCUT2D eigenvalue weighted by atomic mass is 28.2. The predicted molar refractivity (Wildman–Crippen MR) is 63.9 cm³/mol. The van der Waals surface area contributed by atoms with Crippen LogP contribution < -0.4 is 10.6 Å². The van der Waals surface area contributed by atoms with E-state index in [1.807, 2.05) is 0 Å². The highest BCUT2D eigenvalue weighted by Crippen LogP contribution is 2.26. The Labute approximate surface area is 85.0 Å². The van der Waals surface area contributed by atoms with Crippen molar-refractivity contribution in [2.45, 2.75) is 38.9 Å². The molecule has 0 aromatic rings. The quantitative estimate of drug-likeness (QED) is 0.474. The topological polar surface area (TPSA) is 24.1 Å². The second kappa shape index (κ2) is 6.35. The summed E-state index contributed by atoms with van der Waals surface area (Å²) in [5.41, 5.74) is 2.13. The zero-order valence-corrected chi connectivity index (χ0v) is 10.9. The Bertz CT molecular complexity index is 140. The maximum Gasteiger partial charge on any atom is 0.0597 e. The Hall–Kier alpha value is -0.123. The zero-order chi connectivity index (χ0) is 10.3. The molecule has 0 bridgehead atoms. The molecule has 0 aliphatic carbocycles. The normalized spacial score (nSPS) is 13.0. The molecule has 0 saturated heterocycles. The molecule has 3 heteroatoms. The molecule has 2 nitrogen and oxygen atoms in total. The van der Waals surface area contributed by atoms with Gasteiger partial charge in [0.15, 0.2) is 0 Å². The largest absolute Gasteiger partial charge is 0.302 e. The lowest BCUT2D eigenvalue weighted by atomic mass is 10.1. The van der Waals surface area contributed by atoms with Gasteiger partial charge in [0.1, 0.15) is 0 Å². The van der Waals surface area contributed by atoms with E-state index < -0.39 is 0 Å². The van der Waals surface area contributed by atoms with E-state index in [0.717, 1.165) is 13.1 Å². The minimum absolute atomic E-state index is 0.200. The monoisotopic (exact) mass is 200 g/mol. The minimum atomic E-state index is -0.200. The maximum absolute atomic E-state index is 3.85. The van der Waals surface area contributed by atoms with Crippen LogP contribution in [0.25, 0.3) is 0 Å². The Balaban J connectivity index is 4.21. The fourth-order valence-electron chi connectivity index (χ4n) is 1.52. The molecule has 0 heterocycles. The van der Waals surface area contributed by atoms with E-state index in [1.165, 1.54) is 0 Å². The first kappa shape index (κ1) is 12.9. The molecule has 0 atom stereocenters. The van der Waals surface area contributed by atoms with Crippen LogP contribution in [-0.2, 0) is 0 Å². The number of hydrogen-bond donors (Lipinski definition) is 2. The van der Waals surface area contributed by atoms with Crippen LogP contribution in [0.4, 0.5) is 0 Å². The van der Waals surface area contributed by atoms with Gasteiger partial charge in [-0.05, 0) is 18.1 Å². The van der Waals surface area contributed by atoms with Gasteiger partial charge in [-0.1, -0.05) is 27.7 Å². The van der Waals surface area contributed by atoms with E-state index in [0.29, 0.717) is 11.2 Å². The molecule has 0 amide bonds. The van der Waals surface area contributed by atoms with E-state index in [4.69, 9.17) is 0 Å². The SMILES string of the molecule is C=C[SiH2]C(C)(C)C(NCC)NCC. The Morgan fingerprint density at radius 2 is 1.77 bits per heavy atom. The summed E-state index contributed by atoms with van der Waals surface area (Å²) in [4.78, 5) is 0. The van der Waals surface area contributed by atoms with Gasteiger partial charge in [0, 0.05) is 0 Å². The van der Waals surface area contributed by atoms with Gasteiger partial charge in [0.25, 0.3) is 0 Å². The van der Waals surface area contributed by atoms with Crippen molar-refractivity contribution in [3.63, 3.8) is 0 Å². The van der Waals surface area contributed by atoms with Crippen molar-refractivity contribution in [2.24, 2.45) is 0 Å². The second-order valence-electron chi connectivity index (χ2n) is 4.03. The molecule has 0 aliphatic rings. The first-order valence-electron chi connectivity index (χ1n) is 5.16. The second-order valence-corrected chi connectivity index (χ2v) is 6.84. The molecule has 0 unspecified atom stereocenters. The Kier molecular flexibility index (Phi) is 6.29. The zero-order valence-electron chi connectivity index (χ0n) is 9.48. The number of nitrogens with one attached hydrogen (secondary N) is 2. The first-order chi connectivity index (χ1) is 6.08. The minimum Gasteiger partial charge on any atom is -0.302 e. The summed E-state index contributed by atoms with van der Waals surface area (Å²) in [7, 11) is -0.200. The summed E-state index contributed by atoms with van der Waals surface area (Å²) >= 11 is 0. The number of hydrogen-bond acceptors (Lipinski definition) is 2. The molecule has 0 aliphatic heterocycles. The van der Waals surface area contributed by atoms with Crippen LogP contribution in [0.15, 0.2) is 12.3 Å². The van der Waals surface area contributed by atoms with Crippen LogP contribution in [0.2, 0.25) is 5.04 Å². The molecule has 0 spiro atoms. The van der Waals surface area contributed by atoms with Crippen LogP contribution in [0, 0.1) is 0 Å². The fraction of sp³-hybridized carbons (Fsp3) is 0.800. The first-order valence-corrected chi connectivity index (χ1v) is 6.68. The highest BCUT2D eigenvalue weighted by molar-refractivity contribution is 6.46. The van der Waals surface area contributed by atoms with Crippen molar-refractivity contribution in [1.82, 2.24) is 10.6 Å². The summed E-state index contributed by atoms with van der Waals surface area (Å²) in [5.74, 6) is 0. The van der Waals surface area contributed by atoms with Crippen LogP contribution in [0.5, 0.6) is 0 Å². The number of rotatable bonds is 7. The fourth-order valence-corrected chi connectivity index (χ4v) is 2.79. The third-order valence-corrected chi connectivity index (χ3v) is 4.02. The van der Waals surface area contributed by atoms with Crippen LogP contribution in [0.1, 0.15) is 27.7 Å². The molecule has 2 N–H and O–H groups in total. The summed E-state index contributed by atoms with van der Waals surface area (Å²) in [6, 6.07) is 0. The van der Waals surface area contributed by atoms with Crippen molar-refractivity contribution in [1.29, 1.82) is 0 Å². The summed E-state index contributed by atoms with van der Waals surface area (Å²) in [6.07, 6.45) is 0.437. The van der Waals surface area contributed by atoms with E-state index in [2.05, 4.69) is 50.6 Å². The maximum atomic E-state index is 3.85. The molecular formula is C10H24N2Si. The van der Waals surface area contributed by atoms with E-state index >= 15 is 0 Å². The molecule has 0 fully saturated rings.